The molecule has 3 heterocycles. The topological polar surface area (TPSA) is 0 Å². The van der Waals surface area contributed by atoms with Crippen LogP contribution in [0.4, 0.5) is 0 Å². The van der Waals surface area contributed by atoms with Crippen LogP contribution in [-0.2, 0) is 0 Å². The number of hydrogen-bond donors (Lipinski definition) is 0. The minimum Gasteiger partial charge on any atom is -0.144 e. The quantitative estimate of drug-likeness (QED) is 0.283. The summed E-state index contributed by atoms with van der Waals surface area (Å²) in [5, 5.41) is 4.33. The van der Waals surface area contributed by atoms with Gasteiger partial charge in [-0.25, -0.2) is 0 Å². The van der Waals surface area contributed by atoms with Gasteiger partial charge in [0.25, 0.3) is 0 Å². The number of benzene rings is 2. The van der Waals surface area contributed by atoms with Gasteiger partial charge in [-0.1, -0.05) is 72.8 Å². The van der Waals surface area contributed by atoms with Gasteiger partial charge in [-0.3, -0.25) is 0 Å². The third-order valence-corrected chi connectivity index (χ3v) is 7.70. The van der Waals surface area contributed by atoms with Crippen molar-refractivity contribution in [2.75, 3.05) is 0 Å². The zero-order valence-electron chi connectivity index (χ0n) is 14.5. The highest BCUT2D eigenvalue weighted by Crippen LogP contribution is 2.53. The average Bonchev–Trinajstić information content (AvgIpc) is 3.48. The predicted molar refractivity (Wildman–Crippen MR) is 122 cm³/mol. The van der Waals surface area contributed by atoms with E-state index in [0.717, 1.165) is 0 Å². The Kier molecular flexibility index (Phi) is 4.50. The Bertz CT molecular complexity index is 1130. The van der Waals surface area contributed by atoms with E-state index in [0.29, 0.717) is 0 Å². The van der Waals surface area contributed by atoms with Crippen LogP contribution in [0, 0.1) is 0 Å². The molecule has 0 nitrogen and oxygen atoms in total. The molecule has 0 N–H and O–H groups in total. The van der Waals surface area contributed by atoms with Crippen LogP contribution in [0.5, 0.6) is 0 Å². The molecular weight excluding hydrogens is 384 g/mol. The van der Waals surface area contributed by atoms with Crippen molar-refractivity contribution in [2.45, 2.75) is 0 Å². The Morgan fingerprint density at radius 3 is 1.63 bits per heavy atom. The molecule has 3 aromatic heterocycles. The summed E-state index contributed by atoms with van der Waals surface area (Å²) >= 11 is 5.54. The van der Waals surface area contributed by atoms with Gasteiger partial charge in [0.15, 0.2) is 0 Å². The van der Waals surface area contributed by atoms with Crippen LogP contribution < -0.4 is 0 Å². The lowest BCUT2D eigenvalue weighted by molar-refractivity contribution is 1.65. The first-order chi connectivity index (χ1) is 13.4. The highest BCUT2D eigenvalue weighted by molar-refractivity contribution is 7.25. The first-order valence-corrected chi connectivity index (χ1v) is 11.3. The van der Waals surface area contributed by atoms with E-state index in [1.165, 1.54) is 41.8 Å². The fourth-order valence-electron chi connectivity index (χ4n) is 3.34. The molecule has 0 bridgehead atoms. The van der Waals surface area contributed by atoms with E-state index in [-0.39, 0.29) is 0 Å². The molecular formula is C24H16S3. The van der Waals surface area contributed by atoms with Crippen molar-refractivity contribution < 1.29 is 0 Å². The molecule has 0 aliphatic carbocycles. The van der Waals surface area contributed by atoms with Gasteiger partial charge in [0.05, 0.1) is 4.88 Å². The maximum atomic E-state index is 2.24. The molecule has 0 unspecified atom stereocenters. The lowest BCUT2D eigenvalue weighted by atomic mass is 9.96. The van der Waals surface area contributed by atoms with Crippen LogP contribution in [0.15, 0.2) is 95.7 Å². The summed E-state index contributed by atoms with van der Waals surface area (Å²) in [7, 11) is 0. The molecule has 5 aromatic rings. The van der Waals surface area contributed by atoms with Gasteiger partial charge < -0.3 is 0 Å². The first-order valence-electron chi connectivity index (χ1n) is 8.77. The number of rotatable bonds is 4. The molecule has 27 heavy (non-hydrogen) atoms. The summed E-state index contributed by atoms with van der Waals surface area (Å²) in [6, 6.07) is 30.3. The van der Waals surface area contributed by atoms with Crippen molar-refractivity contribution in [2.24, 2.45) is 0 Å². The van der Waals surface area contributed by atoms with Gasteiger partial charge in [0.1, 0.15) is 0 Å². The standard InChI is InChI=1S/C24H16S3/c1-3-9-17(10-4-1)21-22(19-13-7-15-25-19)24(20-14-8-16-26-20)27-23(21)18-11-5-2-6-12-18/h1-16H. The summed E-state index contributed by atoms with van der Waals surface area (Å²) < 4.78 is 0. The third kappa shape index (κ3) is 3.08. The molecule has 130 valence electrons. The molecule has 2 aromatic carbocycles. The molecule has 0 saturated carbocycles. The normalized spacial score (nSPS) is 11.0. The highest BCUT2D eigenvalue weighted by atomic mass is 32.1. The Morgan fingerprint density at radius 2 is 1.04 bits per heavy atom. The van der Waals surface area contributed by atoms with E-state index in [9.17, 15) is 0 Å². The van der Waals surface area contributed by atoms with Crippen LogP contribution >= 0.6 is 34.0 Å². The van der Waals surface area contributed by atoms with Crippen molar-refractivity contribution in [1.29, 1.82) is 0 Å². The molecule has 3 heteroatoms. The van der Waals surface area contributed by atoms with Crippen LogP contribution in [0.2, 0.25) is 0 Å². The molecule has 5 rings (SSSR count). The first kappa shape index (κ1) is 16.7. The van der Waals surface area contributed by atoms with E-state index in [4.69, 9.17) is 0 Å². The Hall–Kier alpha value is -2.46. The van der Waals surface area contributed by atoms with Crippen LogP contribution in [0.1, 0.15) is 0 Å². The lowest BCUT2D eigenvalue weighted by Crippen LogP contribution is -1.83. The minimum atomic E-state index is 1.28. The van der Waals surface area contributed by atoms with Crippen LogP contribution in [-0.4, -0.2) is 0 Å². The maximum absolute atomic E-state index is 2.24. The fraction of sp³-hybridized carbons (Fsp3) is 0. The van der Waals surface area contributed by atoms with Gasteiger partial charge in [-0.05, 0) is 34.0 Å². The lowest BCUT2D eigenvalue weighted by Gasteiger charge is -2.08. The predicted octanol–water partition coefficient (Wildman–Crippen LogP) is 8.54. The van der Waals surface area contributed by atoms with Crippen molar-refractivity contribution in [1.82, 2.24) is 0 Å². The second-order valence-corrected chi connectivity index (χ2v) is 9.11. The van der Waals surface area contributed by atoms with Gasteiger partial charge in [-0.15, -0.1) is 34.0 Å². The summed E-state index contributed by atoms with van der Waals surface area (Å²) in [6.07, 6.45) is 0. The van der Waals surface area contributed by atoms with E-state index < -0.39 is 0 Å². The molecule has 0 fully saturated rings. The number of thiophene rings is 3. The Balaban J connectivity index is 1.88. The highest BCUT2D eigenvalue weighted by Gasteiger charge is 2.23. The SMILES string of the molecule is c1ccc(-c2sc(-c3cccs3)c(-c3cccs3)c2-c2ccccc2)cc1. The average molecular weight is 401 g/mol. The zero-order chi connectivity index (χ0) is 18.1. The smallest absolute Gasteiger partial charge is 0.0542 e. The van der Waals surface area contributed by atoms with Crippen LogP contribution in [0.25, 0.3) is 41.8 Å². The molecule has 0 spiro atoms. The Morgan fingerprint density at radius 1 is 0.444 bits per heavy atom. The molecule has 0 aliphatic heterocycles. The third-order valence-electron chi connectivity index (χ3n) is 4.52. The van der Waals surface area contributed by atoms with Crippen LogP contribution in [0.3, 0.4) is 0 Å². The second-order valence-electron chi connectivity index (χ2n) is 6.20. The largest absolute Gasteiger partial charge is 0.144 e. The van der Waals surface area contributed by atoms with Gasteiger partial charge >= 0.3 is 0 Å². The van der Waals surface area contributed by atoms with Crippen molar-refractivity contribution in [3.05, 3.63) is 95.7 Å². The van der Waals surface area contributed by atoms with E-state index in [1.807, 2.05) is 34.0 Å². The summed E-state index contributed by atoms with van der Waals surface area (Å²) in [6.45, 7) is 0. The second kappa shape index (κ2) is 7.28. The summed E-state index contributed by atoms with van der Waals surface area (Å²) in [5.74, 6) is 0. The summed E-state index contributed by atoms with van der Waals surface area (Å²) in [4.78, 5) is 5.37. The fourth-order valence-corrected chi connectivity index (χ4v) is 6.39. The maximum Gasteiger partial charge on any atom is 0.0542 e. The Labute approximate surface area is 171 Å². The van der Waals surface area contributed by atoms with E-state index >= 15 is 0 Å². The number of hydrogen-bond acceptors (Lipinski definition) is 3. The van der Waals surface area contributed by atoms with Crippen molar-refractivity contribution in [3.63, 3.8) is 0 Å². The van der Waals surface area contributed by atoms with Crippen molar-refractivity contribution in [3.8, 4) is 41.8 Å². The van der Waals surface area contributed by atoms with Gasteiger partial charge in [0.2, 0.25) is 0 Å². The molecule has 0 radical (unpaired) electrons. The zero-order valence-corrected chi connectivity index (χ0v) is 16.9. The monoisotopic (exact) mass is 400 g/mol. The van der Waals surface area contributed by atoms with Gasteiger partial charge in [-0.2, -0.15) is 0 Å². The molecule has 0 atom stereocenters. The summed E-state index contributed by atoms with van der Waals surface area (Å²) in [5.41, 5.74) is 5.26. The molecule has 0 amide bonds. The van der Waals surface area contributed by atoms with Crippen molar-refractivity contribution >= 4 is 34.0 Å². The van der Waals surface area contributed by atoms with Gasteiger partial charge in [0, 0.05) is 25.8 Å². The molecule has 0 saturated heterocycles. The van der Waals surface area contributed by atoms with E-state index in [2.05, 4.69) is 95.7 Å². The van der Waals surface area contributed by atoms with E-state index in [1.54, 1.807) is 0 Å². The molecule has 0 aliphatic rings. The minimum absolute atomic E-state index is 1.28.